The minimum atomic E-state index is -0.581. The van der Waals surface area contributed by atoms with Crippen LogP contribution in [0.5, 0.6) is 0 Å². The minimum Gasteiger partial charge on any atom is -0.472 e. The Hall–Kier alpha value is -4.93. The van der Waals surface area contributed by atoms with Crippen LogP contribution in [0.2, 0.25) is 0 Å². The lowest BCUT2D eigenvalue weighted by molar-refractivity contribution is -0.116. The van der Waals surface area contributed by atoms with Crippen LogP contribution in [0.15, 0.2) is 60.1 Å². The fourth-order valence-corrected chi connectivity index (χ4v) is 4.24. The second-order valence-corrected chi connectivity index (χ2v) is 9.07. The zero-order chi connectivity index (χ0) is 25.5. The van der Waals surface area contributed by atoms with E-state index < -0.39 is 5.82 Å². The molecule has 0 bridgehead atoms. The lowest BCUT2D eigenvalue weighted by Crippen LogP contribution is -2.14. The SMILES string of the molecule is CC(C)CC(=O)Nc1cncc(-c2ncc3[nH]nc(-c4nc5c(-c6ccoc6)cncc5[nH]4)c3c2F)c1. The van der Waals surface area contributed by atoms with Crippen molar-refractivity contribution in [3.63, 3.8) is 0 Å². The van der Waals surface area contributed by atoms with E-state index in [2.05, 4.69) is 35.5 Å². The summed E-state index contributed by atoms with van der Waals surface area (Å²) in [7, 11) is 0. The van der Waals surface area contributed by atoms with Gasteiger partial charge in [-0.1, -0.05) is 13.8 Å². The first kappa shape index (κ1) is 22.5. The number of carbonyl (C=O) groups excluding carboxylic acids is 1. The number of hydrogen-bond donors (Lipinski definition) is 3. The smallest absolute Gasteiger partial charge is 0.224 e. The molecule has 1 amide bonds. The topological polar surface area (TPSA) is 138 Å². The highest BCUT2D eigenvalue weighted by Gasteiger charge is 2.21. The van der Waals surface area contributed by atoms with Crippen LogP contribution < -0.4 is 5.32 Å². The highest BCUT2D eigenvalue weighted by atomic mass is 19.1. The molecule has 6 aromatic heterocycles. The van der Waals surface area contributed by atoms with Crippen molar-refractivity contribution in [2.75, 3.05) is 5.32 Å². The number of rotatable bonds is 6. The lowest BCUT2D eigenvalue weighted by atomic mass is 10.1. The maximum atomic E-state index is 16.0. The van der Waals surface area contributed by atoms with Crippen LogP contribution in [0.25, 0.3) is 55.8 Å². The predicted molar refractivity (Wildman–Crippen MR) is 136 cm³/mol. The van der Waals surface area contributed by atoms with E-state index in [0.717, 1.165) is 11.1 Å². The first-order valence-electron chi connectivity index (χ1n) is 11.6. The molecule has 0 radical (unpaired) electrons. The van der Waals surface area contributed by atoms with Crippen LogP contribution >= 0.6 is 0 Å². The van der Waals surface area contributed by atoms with Crippen LogP contribution in [0.1, 0.15) is 20.3 Å². The molecule has 11 heteroatoms. The number of furan rings is 1. The van der Waals surface area contributed by atoms with Crippen LogP contribution in [0.4, 0.5) is 10.1 Å². The molecular formula is C26H21FN8O2. The third-order valence-electron chi connectivity index (χ3n) is 5.88. The number of fused-ring (bicyclic) bond motifs is 2. The highest BCUT2D eigenvalue weighted by Crippen LogP contribution is 2.34. The molecule has 37 heavy (non-hydrogen) atoms. The summed E-state index contributed by atoms with van der Waals surface area (Å²) in [5, 5.41) is 10.2. The molecular weight excluding hydrogens is 475 g/mol. The van der Waals surface area contributed by atoms with Gasteiger partial charge in [0, 0.05) is 35.5 Å². The maximum absolute atomic E-state index is 16.0. The Kier molecular flexibility index (Phi) is 5.44. The predicted octanol–water partition coefficient (Wildman–Crippen LogP) is 5.34. The Morgan fingerprint density at radius 1 is 1.08 bits per heavy atom. The summed E-state index contributed by atoms with van der Waals surface area (Å²) in [6.07, 6.45) is 11.4. The molecule has 0 saturated heterocycles. The van der Waals surface area contributed by atoms with E-state index in [1.54, 1.807) is 31.0 Å². The third-order valence-corrected chi connectivity index (χ3v) is 5.88. The van der Waals surface area contributed by atoms with Gasteiger partial charge in [0.15, 0.2) is 11.6 Å². The summed E-state index contributed by atoms with van der Waals surface area (Å²) in [5.74, 6) is -0.128. The van der Waals surface area contributed by atoms with Gasteiger partial charge >= 0.3 is 0 Å². The Morgan fingerprint density at radius 2 is 1.95 bits per heavy atom. The van der Waals surface area contributed by atoms with E-state index in [1.165, 1.54) is 18.6 Å². The second-order valence-electron chi connectivity index (χ2n) is 9.07. The lowest BCUT2D eigenvalue weighted by Gasteiger charge is -2.09. The number of imidazole rings is 1. The molecule has 0 spiro atoms. The Morgan fingerprint density at radius 3 is 2.76 bits per heavy atom. The molecule has 0 saturated carbocycles. The maximum Gasteiger partial charge on any atom is 0.224 e. The van der Waals surface area contributed by atoms with Crippen molar-refractivity contribution >= 4 is 33.5 Å². The number of aromatic nitrogens is 7. The molecule has 0 aliphatic heterocycles. The molecule has 0 atom stereocenters. The fraction of sp³-hybridized carbons (Fsp3) is 0.154. The number of amides is 1. The minimum absolute atomic E-state index is 0.0828. The number of carbonyl (C=O) groups is 1. The first-order chi connectivity index (χ1) is 18.0. The third kappa shape index (κ3) is 4.10. The van der Waals surface area contributed by atoms with Gasteiger partial charge in [0.05, 0.1) is 53.2 Å². The number of nitrogens with one attached hydrogen (secondary N) is 3. The molecule has 0 aliphatic carbocycles. The van der Waals surface area contributed by atoms with Crippen molar-refractivity contribution < 1.29 is 13.6 Å². The van der Waals surface area contributed by atoms with Crippen molar-refractivity contribution in [2.45, 2.75) is 20.3 Å². The van der Waals surface area contributed by atoms with E-state index in [-0.39, 0.29) is 22.9 Å². The van der Waals surface area contributed by atoms with Gasteiger partial charge in [-0.05, 0) is 18.1 Å². The monoisotopic (exact) mass is 496 g/mol. The van der Waals surface area contributed by atoms with E-state index >= 15 is 4.39 Å². The molecule has 6 heterocycles. The van der Waals surface area contributed by atoms with E-state index in [0.29, 0.717) is 45.7 Å². The number of anilines is 1. The van der Waals surface area contributed by atoms with E-state index in [1.807, 2.05) is 19.9 Å². The Labute approximate surface area is 209 Å². The van der Waals surface area contributed by atoms with Crippen molar-refractivity contribution in [3.05, 3.63) is 61.5 Å². The quantitative estimate of drug-likeness (QED) is 0.283. The summed E-state index contributed by atoms with van der Waals surface area (Å²) in [6.45, 7) is 3.92. The van der Waals surface area contributed by atoms with Gasteiger partial charge in [0.25, 0.3) is 0 Å². The van der Waals surface area contributed by atoms with Crippen LogP contribution in [-0.2, 0) is 4.79 Å². The number of halogens is 1. The van der Waals surface area contributed by atoms with E-state index in [9.17, 15) is 4.79 Å². The van der Waals surface area contributed by atoms with Gasteiger partial charge in [-0.2, -0.15) is 5.10 Å². The summed E-state index contributed by atoms with van der Waals surface area (Å²) in [6, 6.07) is 3.46. The molecule has 10 nitrogen and oxygen atoms in total. The highest BCUT2D eigenvalue weighted by molar-refractivity contribution is 5.98. The number of nitrogens with zero attached hydrogens (tertiary/aromatic N) is 5. The summed E-state index contributed by atoms with van der Waals surface area (Å²) < 4.78 is 21.2. The molecule has 0 aliphatic rings. The average molecular weight is 497 g/mol. The van der Waals surface area contributed by atoms with Gasteiger partial charge in [-0.3, -0.25) is 24.8 Å². The number of hydrogen-bond acceptors (Lipinski definition) is 7. The van der Waals surface area contributed by atoms with Gasteiger partial charge in [0.1, 0.15) is 16.9 Å². The Balaban J connectivity index is 1.42. The first-order valence-corrected chi connectivity index (χ1v) is 11.6. The zero-order valence-corrected chi connectivity index (χ0v) is 19.9. The fourth-order valence-electron chi connectivity index (χ4n) is 4.24. The molecule has 6 rings (SSSR count). The molecule has 184 valence electrons. The molecule has 3 N–H and O–H groups in total. The summed E-state index contributed by atoms with van der Waals surface area (Å²) in [4.78, 5) is 32.8. The molecule has 0 aromatic carbocycles. The Bertz CT molecular complexity index is 1750. The van der Waals surface area contributed by atoms with Crippen LogP contribution in [0.3, 0.4) is 0 Å². The van der Waals surface area contributed by atoms with Crippen molar-refractivity contribution in [1.82, 2.24) is 35.1 Å². The molecule has 0 fully saturated rings. The van der Waals surface area contributed by atoms with Crippen LogP contribution in [0, 0.1) is 11.7 Å². The standard InChI is InChI=1S/C26H21FN8O2/c1-13(2)5-20(36)31-16-6-15(7-28-8-16)23-22(27)21-18(11-30-23)34-35-25(21)26-32-19-10-29-9-17(24(19)33-26)14-3-4-37-12-14/h3-4,6-13H,5H2,1-2H3,(H,31,36)(H,32,33)(H,34,35). The van der Waals surface area contributed by atoms with Gasteiger partial charge < -0.3 is 14.7 Å². The van der Waals surface area contributed by atoms with Crippen molar-refractivity contribution in [3.8, 4) is 33.9 Å². The normalized spacial score (nSPS) is 11.6. The van der Waals surface area contributed by atoms with Crippen molar-refractivity contribution in [2.24, 2.45) is 5.92 Å². The number of pyridine rings is 3. The van der Waals surface area contributed by atoms with Gasteiger partial charge in [-0.15, -0.1) is 0 Å². The summed E-state index contributed by atoms with van der Waals surface area (Å²) in [5.41, 5.74) is 4.63. The van der Waals surface area contributed by atoms with E-state index in [4.69, 9.17) is 9.40 Å². The number of H-pyrrole nitrogens is 2. The van der Waals surface area contributed by atoms with Crippen LogP contribution in [-0.4, -0.2) is 41.0 Å². The molecule has 6 aromatic rings. The van der Waals surface area contributed by atoms with Gasteiger partial charge in [0.2, 0.25) is 5.91 Å². The second kappa shape index (κ2) is 8.94. The van der Waals surface area contributed by atoms with Gasteiger partial charge in [-0.25, -0.2) is 9.37 Å². The number of aromatic amines is 2. The zero-order valence-electron chi connectivity index (χ0n) is 19.9. The average Bonchev–Trinajstić information content (AvgIpc) is 3.62. The molecule has 0 unspecified atom stereocenters. The van der Waals surface area contributed by atoms with Crippen molar-refractivity contribution in [1.29, 1.82) is 0 Å². The largest absolute Gasteiger partial charge is 0.472 e. The summed E-state index contributed by atoms with van der Waals surface area (Å²) >= 11 is 0.